The maximum atomic E-state index is 10.7. The summed E-state index contributed by atoms with van der Waals surface area (Å²) in [6.45, 7) is 1.40. The van der Waals surface area contributed by atoms with Crippen LogP contribution in [-0.4, -0.2) is 23.3 Å². The molecule has 2 fully saturated rings. The van der Waals surface area contributed by atoms with E-state index >= 15 is 0 Å². The maximum Gasteiger partial charge on any atom is 0.302 e. The first-order valence-electron chi connectivity index (χ1n) is 5.02. The Labute approximate surface area is 78.1 Å². The maximum absolute atomic E-state index is 10.7. The highest BCUT2D eigenvalue weighted by molar-refractivity contribution is 5.66. The van der Waals surface area contributed by atoms with Crippen LogP contribution in [0.25, 0.3) is 0 Å². The van der Waals surface area contributed by atoms with Crippen molar-refractivity contribution in [2.45, 2.75) is 44.8 Å². The van der Waals surface area contributed by atoms with E-state index in [-0.39, 0.29) is 12.1 Å². The van der Waals surface area contributed by atoms with Crippen molar-refractivity contribution in [3.05, 3.63) is 0 Å². The van der Waals surface area contributed by atoms with E-state index in [9.17, 15) is 9.90 Å². The number of carbonyl (C=O) groups is 1. The molecule has 0 radical (unpaired) electrons. The zero-order chi connectivity index (χ0) is 9.42. The normalized spacial score (nSPS) is 43.2. The fourth-order valence-corrected chi connectivity index (χ4v) is 2.52. The molecule has 3 nitrogen and oxygen atoms in total. The zero-order valence-electron chi connectivity index (χ0n) is 7.90. The van der Waals surface area contributed by atoms with E-state index < -0.39 is 6.10 Å². The summed E-state index contributed by atoms with van der Waals surface area (Å²) in [5.74, 6) is 1.12. The first-order valence-corrected chi connectivity index (χ1v) is 5.02. The summed E-state index contributed by atoms with van der Waals surface area (Å²) in [7, 11) is 0. The van der Waals surface area contributed by atoms with E-state index in [1.165, 1.54) is 19.8 Å². The number of hydrogen-bond donors (Lipinski definition) is 1. The lowest BCUT2D eigenvalue weighted by Crippen LogP contribution is -2.45. The van der Waals surface area contributed by atoms with Crippen LogP contribution in [0.3, 0.4) is 0 Å². The second-order valence-corrected chi connectivity index (χ2v) is 4.28. The van der Waals surface area contributed by atoms with Gasteiger partial charge in [0.1, 0.15) is 6.10 Å². The van der Waals surface area contributed by atoms with Gasteiger partial charge >= 0.3 is 5.97 Å². The molecule has 2 aliphatic carbocycles. The van der Waals surface area contributed by atoms with Gasteiger partial charge in [-0.05, 0) is 37.5 Å². The third-order valence-electron chi connectivity index (χ3n) is 3.40. The minimum Gasteiger partial charge on any atom is -0.460 e. The molecule has 0 aliphatic heterocycles. The Hall–Kier alpha value is -0.570. The molecule has 0 amide bonds. The Balaban J connectivity index is 1.91. The van der Waals surface area contributed by atoms with Gasteiger partial charge in [0.25, 0.3) is 0 Å². The summed E-state index contributed by atoms with van der Waals surface area (Å²) < 4.78 is 5.07. The number of ether oxygens (including phenoxy) is 1. The molecule has 2 rings (SSSR count). The first-order chi connectivity index (χ1) is 6.16. The van der Waals surface area contributed by atoms with Crippen LogP contribution in [0.1, 0.15) is 32.6 Å². The number of carbonyl (C=O) groups excluding carboxylic acids is 1. The van der Waals surface area contributed by atoms with Crippen LogP contribution in [-0.2, 0) is 9.53 Å². The van der Waals surface area contributed by atoms with Crippen LogP contribution in [0.5, 0.6) is 0 Å². The number of aliphatic hydroxyl groups is 1. The summed E-state index contributed by atoms with van der Waals surface area (Å²) >= 11 is 0. The van der Waals surface area contributed by atoms with E-state index in [2.05, 4.69) is 0 Å². The number of aliphatic hydroxyl groups excluding tert-OH is 1. The second-order valence-electron chi connectivity index (χ2n) is 4.28. The van der Waals surface area contributed by atoms with Crippen LogP contribution in [0.2, 0.25) is 0 Å². The van der Waals surface area contributed by atoms with E-state index in [1.54, 1.807) is 0 Å². The molecule has 0 saturated heterocycles. The third kappa shape index (κ3) is 1.70. The molecule has 0 spiro atoms. The van der Waals surface area contributed by atoms with Crippen LogP contribution >= 0.6 is 0 Å². The molecule has 74 valence electrons. The van der Waals surface area contributed by atoms with Crippen molar-refractivity contribution < 1.29 is 14.6 Å². The van der Waals surface area contributed by atoms with E-state index in [1.807, 2.05) is 0 Å². The molecule has 3 heteroatoms. The van der Waals surface area contributed by atoms with Crippen LogP contribution in [0, 0.1) is 11.8 Å². The molecule has 0 aromatic carbocycles. The average molecular weight is 184 g/mol. The third-order valence-corrected chi connectivity index (χ3v) is 3.40. The quantitative estimate of drug-likeness (QED) is 0.621. The molecule has 0 bridgehead atoms. The minimum atomic E-state index is -0.426. The van der Waals surface area contributed by atoms with Gasteiger partial charge in [-0.3, -0.25) is 4.79 Å². The summed E-state index contributed by atoms with van der Waals surface area (Å²) in [5.41, 5.74) is 0. The predicted octanol–water partition coefficient (Wildman–Crippen LogP) is 1.10. The van der Waals surface area contributed by atoms with Crippen LogP contribution < -0.4 is 0 Å². The molecule has 13 heavy (non-hydrogen) atoms. The Morgan fingerprint density at radius 3 is 2.46 bits per heavy atom. The summed E-state index contributed by atoms with van der Waals surface area (Å²) in [6, 6.07) is 0. The number of rotatable bonds is 1. The highest BCUT2D eigenvalue weighted by atomic mass is 16.6. The van der Waals surface area contributed by atoms with Crippen molar-refractivity contribution >= 4 is 5.97 Å². The summed E-state index contributed by atoms with van der Waals surface area (Å²) in [4.78, 5) is 10.7. The van der Waals surface area contributed by atoms with Gasteiger partial charge in [-0.2, -0.15) is 0 Å². The molecule has 0 aromatic rings. The fraction of sp³-hybridized carbons (Fsp3) is 0.900. The lowest BCUT2D eigenvalue weighted by molar-refractivity contribution is -0.161. The molecule has 0 aromatic heterocycles. The molecule has 4 unspecified atom stereocenters. The summed E-state index contributed by atoms with van der Waals surface area (Å²) in [6.07, 6.45) is 3.52. The van der Waals surface area contributed by atoms with E-state index in [0.29, 0.717) is 11.8 Å². The standard InChI is InChI=1S/C10H16O3/c1-6(11)13-10-5-8-3-2-7(8)4-9(10)12/h7-10,12H,2-5H2,1H3. The number of hydrogen-bond acceptors (Lipinski definition) is 3. The lowest BCUT2D eigenvalue weighted by Gasteiger charge is -2.45. The largest absolute Gasteiger partial charge is 0.460 e. The molecule has 4 atom stereocenters. The Kier molecular flexibility index (Phi) is 2.28. The fourth-order valence-electron chi connectivity index (χ4n) is 2.52. The molecule has 1 N–H and O–H groups in total. The Bertz CT molecular complexity index is 214. The molecule has 2 saturated carbocycles. The van der Waals surface area contributed by atoms with Gasteiger partial charge in [-0.15, -0.1) is 0 Å². The molecular formula is C10H16O3. The molecular weight excluding hydrogens is 168 g/mol. The van der Waals surface area contributed by atoms with E-state index in [4.69, 9.17) is 4.74 Å². The van der Waals surface area contributed by atoms with Crippen molar-refractivity contribution in [3.8, 4) is 0 Å². The highest BCUT2D eigenvalue weighted by Gasteiger charge is 2.42. The Morgan fingerprint density at radius 2 is 1.92 bits per heavy atom. The minimum absolute atomic E-state index is 0.237. The zero-order valence-corrected chi connectivity index (χ0v) is 7.90. The van der Waals surface area contributed by atoms with Gasteiger partial charge in [0.05, 0.1) is 6.10 Å². The Morgan fingerprint density at radius 1 is 1.31 bits per heavy atom. The van der Waals surface area contributed by atoms with Gasteiger partial charge in [-0.25, -0.2) is 0 Å². The topological polar surface area (TPSA) is 46.5 Å². The first kappa shape index (κ1) is 9.00. The lowest BCUT2D eigenvalue weighted by atomic mass is 9.64. The van der Waals surface area contributed by atoms with Crippen LogP contribution in [0.4, 0.5) is 0 Å². The van der Waals surface area contributed by atoms with Crippen molar-refractivity contribution in [1.29, 1.82) is 0 Å². The summed E-state index contributed by atoms with van der Waals surface area (Å²) in [5, 5.41) is 9.66. The molecule has 0 heterocycles. The van der Waals surface area contributed by atoms with Gasteiger partial charge in [0.2, 0.25) is 0 Å². The smallest absolute Gasteiger partial charge is 0.302 e. The SMILES string of the molecule is CC(=O)OC1CC2CCC2CC1O. The highest BCUT2D eigenvalue weighted by Crippen LogP contribution is 2.45. The average Bonchev–Trinajstić information content (AvgIpc) is 2.02. The van der Waals surface area contributed by atoms with Crippen molar-refractivity contribution in [2.75, 3.05) is 0 Å². The van der Waals surface area contributed by atoms with Crippen molar-refractivity contribution in [1.82, 2.24) is 0 Å². The van der Waals surface area contributed by atoms with Gasteiger partial charge < -0.3 is 9.84 Å². The second kappa shape index (κ2) is 3.29. The predicted molar refractivity (Wildman–Crippen MR) is 47.0 cm³/mol. The van der Waals surface area contributed by atoms with Crippen molar-refractivity contribution in [2.24, 2.45) is 11.8 Å². The van der Waals surface area contributed by atoms with Gasteiger partial charge in [-0.1, -0.05) is 0 Å². The van der Waals surface area contributed by atoms with Gasteiger partial charge in [0, 0.05) is 6.92 Å². The number of fused-ring (bicyclic) bond motifs is 1. The van der Waals surface area contributed by atoms with Crippen LogP contribution in [0.15, 0.2) is 0 Å². The monoisotopic (exact) mass is 184 g/mol. The molecule has 2 aliphatic rings. The van der Waals surface area contributed by atoms with E-state index in [0.717, 1.165) is 12.8 Å². The van der Waals surface area contributed by atoms with Gasteiger partial charge in [0.15, 0.2) is 0 Å². The number of esters is 1. The van der Waals surface area contributed by atoms with Crippen molar-refractivity contribution in [3.63, 3.8) is 0 Å².